The van der Waals surface area contributed by atoms with E-state index < -0.39 is 0 Å². The quantitative estimate of drug-likeness (QED) is 0.600. The van der Waals surface area contributed by atoms with E-state index in [1.807, 2.05) is 0 Å². The largest absolute Gasteiger partial charge is 0.393 e. The molecule has 0 radical (unpaired) electrons. The second-order valence-electron chi connectivity index (χ2n) is 3.68. The van der Waals surface area contributed by atoms with Crippen LogP contribution in [-0.4, -0.2) is 24.4 Å². The lowest BCUT2D eigenvalue weighted by Crippen LogP contribution is -2.13. The number of ether oxygens (including phenoxy) is 1. The summed E-state index contributed by atoms with van der Waals surface area (Å²) in [5.41, 5.74) is 0. The molecule has 1 atom stereocenters. The van der Waals surface area contributed by atoms with Gasteiger partial charge >= 0.3 is 0 Å². The summed E-state index contributed by atoms with van der Waals surface area (Å²) >= 11 is 0. The number of rotatable bonds is 7. The van der Waals surface area contributed by atoms with Crippen LogP contribution in [0.2, 0.25) is 0 Å². The van der Waals surface area contributed by atoms with Gasteiger partial charge in [-0.25, -0.2) is 0 Å². The van der Waals surface area contributed by atoms with Gasteiger partial charge in [-0.2, -0.15) is 0 Å². The SMILES string of the molecule is CCCOCCC(O)CC(C)C. The van der Waals surface area contributed by atoms with Gasteiger partial charge in [0.1, 0.15) is 0 Å². The van der Waals surface area contributed by atoms with Gasteiger partial charge in [-0.05, 0) is 25.2 Å². The maximum atomic E-state index is 9.44. The van der Waals surface area contributed by atoms with E-state index in [4.69, 9.17) is 4.74 Å². The topological polar surface area (TPSA) is 29.5 Å². The highest BCUT2D eigenvalue weighted by Gasteiger charge is 2.05. The third kappa shape index (κ3) is 8.02. The average Bonchev–Trinajstić information content (AvgIpc) is 1.97. The number of hydrogen-bond acceptors (Lipinski definition) is 2. The number of aliphatic hydroxyl groups excluding tert-OH is 1. The Kier molecular flexibility index (Phi) is 7.51. The van der Waals surface area contributed by atoms with Gasteiger partial charge in [-0.3, -0.25) is 0 Å². The van der Waals surface area contributed by atoms with E-state index in [0.29, 0.717) is 12.5 Å². The van der Waals surface area contributed by atoms with Crippen molar-refractivity contribution in [2.24, 2.45) is 5.92 Å². The van der Waals surface area contributed by atoms with Crippen LogP contribution in [0.15, 0.2) is 0 Å². The second-order valence-corrected chi connectivity index (χ2v) is 3.68. The van der Waals surface area contributed by atoms with Crippen molar-refractivity contribution < 1.29 is 9.84 Å². The molecule has 0 spiro atoms. The fraction of sp³-hybridized carbons (Fsp3) is 1.00. The zero-order valence-electron chi connectivity index (χ0n) is 8.55. The molecule has 1 N–H and O–H groups in total. The van der Waals surface area contributed by atoms with Crippen LogP contribution in [0.25, 0.3) is 0 Å². The zero-order chi connectivity index (χ0) is 9.40. The summed E-state index contributed by atoms with van der Waals surface area (Å²) in [5, 5.41) is 9.44. The third-order valence-electron chi connectivity index (χ3n) is 1.69. The predicted octanol–water partition coefficient (Wildman–Crippen LogP) is 2.21. The molecule has 0 amide bonds. The number of hydrogen-bond donors (Lipinski definition) is 1. The van der Waals surface area contributed by atoms with Crippen molar-refractivity contribution in [1.29, 1.82) is 0 Å². The molecule has 0 saturated heterocycles. The molecule has 2 heteroatoms. The van der Waals surface area contributed by atoms with Crippen LogP contribution in [0.1, 0.15) is 40.0 Å². The molecule has 0 fully saturated rings. The Hall–Kier alpha value is -0.0800. The molecule has 0 aromatic carbocycles. The maximum Gasteiger partial charge on any atom is 0.0564 e. The Bertz CT molecular complexity index is 91.8. The van der Waals surface area contributed by atoms with Gasteiger partial charge in [0.15, 0.2) is 0 Å². The molecular weight excluding hydrogens is 152 g/mol. The average molecular weight is 174 g/mol. The van der Waals surface area contributed by atoms with Crippen LogP contribution in [0.3, 0.4) is 0 Å². The van der Waals surface area contributed by atoms with E-state index in [1.165, 1.54) is 0 Å². The van der Waals surface area contributed by atoms with Gasteiger partial charge in [0, 0.05) is 13.2 Å². The van der Waals surface area contributed by atoms with Crippen molar-refractivity contribution in [2.75, 3.05) is 13.2 Å². The van der Waals surface area contributed by atoms with Crippen LogP contribution < -0.4 is 0 Å². The van der Waals surface area contributed by atoms with Gasteiger partial charge in [-0.1, -0.05) is 20.8 Å². The normalized spacial score (nSPS) is 13.8. The van der Waals surface area contributed by atoms with Gasteiger partial charge < -0.3 is 9.84 Å². The van der Waals surface area contributed by atoms with Crippen LogP contribution in [0.4, 0.5) is 0 Å². The van der Waals surface area contributed by atoms with Crippen LogP contribution in [0.5, 0.6) is 0 Å². The minimum absolute atomic E-state index is 0.179. The Balaban J connectivity index is 3.14. The Morgan fingerprint density at radius 3 is 2.42 bits per heavy atom. The summed E-state index contributed by atoms with van der Waals surface area (Å²) in [4.78, 5) is 0. The summed E-state index contributed by atoms with van der Waals surface area (Å²) < 4.78 is 5.28. The minimum atomic E-state index is -0.179. The predicted molar refractivity (Wildman–Crippen MR) is 51.2 cm³/mol. The molecule has 74 valence electrons. The third-order valence-corrected chi connectivity index (χ3v) is 1.69. The Morgan fingerprint density at radius 2 is 1.92 bits per heavy atom. The second kappa shape index (κ2) is 7.56. The first-order valence-electron chi connectivity index (χ1n) is 4.92. The fourth-order valence-electron chi connectivity index (χ4n) is 1.13. The van der Waals surface area contributed by atoms with Crippen LogP contribution in [0, 0.1) is 5.92 Å². The van der Waals surface area contributed by atoms with E-state index in [9.17, 15) is 5.11 Å². The van der Waals surface area contributed by atoms with Crippen LogP contribution in [-0.2, 0) is 4.74 Å². The monoisotopic (exact) mass is 174 g/mol. The zero-order valence-corrected chi connectivity index (χ0v) is 8.55. The first-order chi connectivity index (χ1) is 5.66. The lowest BCUT2D eigenvalue weighted by atomic mass is 10.0. The van der Waals surface area contributed by atoms with Gasteiger partial charge in [0.2, 0.25) is 0 Å². The standard InChI is InChI=1S/C10H22O2/c1-4-6-12-7-5-10(11)8-9(2)3/h9-11H,4-8H2,1-3H3. The Morgan fingerprint density at radius 1 is 1.25 bits per heavy atom. The van der Waals surface area contributed by atoms with Gasteiger partial charge in [0.05, 0.1) is 6.10 Å². The van der Waals surface area contributed by atoms with Gasteiger partial charge in [-0.15, -0.1) is 0 Å². The van der Waals surface area contributed by atoms with Crippen molar-refractivity contribution in [3.05, 3.63) is 0 Å². The molecule has 2 nitrogen and oxygen atoms in total. The Labute approximate surface area is 75.9 Å². The van der Waals surface area contributed by atoms with E-state index in [2.05, 4.69) is 20.8 Å². The first kappa shape index (κ1) is 11.9. The molecule has 0 aliphatic rings. The van der Waals surface area contributed by atoms with E-state index in [-0.39, 0.29) is 6.10 Å². The summed E-state index contributed by atoms with van der Waals surface area (Å²) in [6.07, 6.45) is 2.54. The van der Waals surface area contributed by atoms with Crippen LogP contribution >= 0.6 is 0 Å². The smallest absolute Gasteiger partial charge is 0.0564 e. The minimum Gasteiger partial charge on any atom is -0.393 e. The lowest BCUT2D eigenvalue weighted by molar-refractivity contribution is 0.0725. The highest BCUT2D eigenvalue weighted by Crippen LogP contribution is 2.07. The molecule has 0 rings (SSSR count). The molecule has 0 aliphatic carbocycles. The highest BCUT2D eigenvalue weighted by molar-refractivity contribution is 4.57. The summed E-state index contributed by atoms with van der Waals surface area (Å²) in [7, 11) is 0. The maximum absolute atomic E-state index is 9.44. The molecule has 0 aliphatic heterocycles. The number of aliphatic hydroxyl groups is 1. The lowest BCUT2D eigenvalue weighted by Gasteiger charge is -2.12. The molecule has 0 heterocycles. The van der Waals surface area contributed by atoms with E-state index >= 15 is 0 Å². The fourth-order valence-corrected chi connectivity index (χ4v) is 1.13. The molecular formula is C10H22O2. The van der Waals surface area contributed by atoms with Crippen molar-refractivity contribution in [1.82, 2.24) is 0 Å². The van der Waals surface area contributed by atoms with Crippen molar-refractivity contribution in [3.63, 3.8) is 0 Å². The van der Waals surface area contributed by atoms with Crippen molar-refractivity contribution >= 4 is 0 Å². The molecule has 1 unspecified atom stereocenters. The van der Waals surface area contributed by atoms with Crippen molar-refractivity contribution in [3.8, 4) is 0 Å². The molecule has 0 aromatic rings. The molecule has 0 saturated carbocycles. The van der Waals surface area contributed by atoms with E-state index in [0.717, 1.165) is 25.9 Å². The summed E-state index contributed by atoms with van der Waals surface area (Å²) in [6, 6.07) is 0. The summed E-state index contributed by atoms with van der Waals surface area (Å²) in [5.74, 6) is 0.575. The highest BCUT2D eigenvalue weighted by atomic mass is 16.5. The van der Waals surface area contributed by atoms with Crippen molar-refractivity contribution in [2.45, 2.75) is 46.1 Å². The molecule has 0 aromatic heterocycles. The first-order valence-corrected chi connectivity index (χ1v) is 4.92. The van der Waals surface area contributed by atoms with Gasteiger partial charge in [0.25, 0.3) is 0 Å². The molecule has 0 bridgehead atoms. The molecule has 12 heavy (non-hydrogen) atoms. The summed E-state index contributed by atoms with van der Waals surface area (Å²) in [6.45, 7) is 7.84. The van der Waals surface area contributed by atoms with E-state index in [1.54, 1.807) is 0 Å².